The zero-order valence-corrected chi connectivity index (χ0v) is 65.4. The Morgan fingerprint density at radius 1 is 0.398 bits per heavy atom. The Morgan fingerprint density at radius 3 is 1.09 bits per heavy atom. The first kappa shape index (κ1) is 54.7. The van der Waals surface area contributed by atoms with E-state index < -0.39 is 164 Å². The van der Waals surface area contributed by atoms with Crippen LogP contribution in [0.5, 0.6) is 0 Å². The fraction of sp³-hybridized carbons (Fsp3) is 0.518. The van der Waals surface area contributed by atoms with Crippen LogP contribution in [-0.2, 0) is 24.0 Å². The molecule has 35 heteroatoms. The summed E-state index contributed by atoms with van der Waals surface area (Å²) in [6.45, 7) is 18.2. The molecule has 35 nitrogen and oxygen atoms in total. The minimum absolute atomic E-state index is 0.0189. The van der Waals surface area contributed by atoms with Crippen molar-refractivity contribution < 1.29 is 63.7 Å². The summed E-state index contributed by atoms with van der Waals surface area (Å²) in [6.07, 6.45) is 8.96. The maximum Gasteiger partial charge on any atom is 0.302 e. The maximum atomic E-state index is 12.4. The number of rotatable bonds is 15. The maximum absolute atomic E-state index is 12.4. The number of likely N-dealkylation sites (tertiary alicyclic amines) is 5. The molecular formula is C83H106N30O5. The van der Waals surface area contributed by atoms with Gasteiger partial charge in [0.25, 0.3) is 32.7 Å². The van der Waals surface area contributed by atoms with Gasteiger partial charge >= 0.3 is 29.5 Å². The van der Waals surface area contributed by atoms with E-state index in [9.17, 15) is 24.0 Å². The van der Waals surface area contributed by atoms with E-state index in [4.69, 9.17) is 72.6 Å². The molecule has 0 saturated carbocycles. The molecule has 15 heterocycles. The number of hydrogen-bond acceptors (Lipinski definition) is 20. The van der Waals surface area contributed by atoms with Crippen molar-refractivity contribution in [2.24, 2.45) is 29.5 Å². The molecule has 0 unspecified atom stereocenters. The molecular weight excluding hydrogens is 1500 g/mol. The lowest BCUT2D eigenvalue weighted by Crippen LogP contribution is -2.53. The normalized spacial score (nSPS) is 28.4. The molecule has 5 saturated heterocycles. The van der Waals surface area contributed by atoms with E-state index in [0.717, 1.165) is 17.6 Å². The molecule has 5 amide bonds. The molecule has 118 heavy (non-hydrogen) atoms. The van der Waals surface area contributed by atoms with Gasteiger partial charge in [-0.25, -0.2) is 82.7 Å². The Labute approximate surface area is 728 Å². The molecule has 10 aromatic heterocycles. The van der Waals surface area contributed by atoms with E-state index in [-0.39, 0.29) is 137 Å². The Bertz CT molecular complexity index is 6750. The molecule has 0 bridgehead atoms. The van der Waals surface area contributed by atoms with Crippen LogP contribution in [0.2, 0.25) is 0 Å². The highest BCUT2D eigenvalue weighted by Crippen LogP contribution is 2.36. The summed E-state index contributed by atoms with van der Waals surface area (Å²) in [4.78, 5) is 145. The second kappa shape index (κ2) is 39.0. The van der Waals surface area contributed by atoms with Crippen LogP contribution in [0.25, 0.3) is 79.4 Å². The Balaban J connectivity index is 0.000000175. The summed E-state index contributed by atoms with van der Waals surface area (Å²) in [5, 5.41) is 1.89. The smallest absolute Gasteiger partial charge is 0.302 e. The molecule has 0 radical (unpaired) electrons. The fourth-order valence-corrected chi connectivity index (χ4v) is 14.1. The van der Waals surface area contributed by atoms with Gasteiger partial charge in [0.2, 0.25) is 0 Å². The van der Waals surface area contributed by atoms with Crippen LogP contribution < -0.4 is 24.5 Å². The number of anilines is 5. The Hall–Kier alpha value is -13.1. The summed E-state index contributed by atoms with van der Waals surface area (Å²) in [5.74, 6) is -9.19. The Morgan fingerprint density at radius 2 is 0.712 bits per heavy atom. The monoisotopic (exact) mass is 1630 g/mol. The topological polar surface area (TPSA) is 347 Å². The number of aryl methyl sites for hydroxylation is 3. The minimum Gasteiger partial charge on any atom is -0.354 e. The first-order valence-corrected chi connectivity index (χ1v) is 37.1. The molecule has 10 aromatic rings. The highest BCUT2D eigenvalue weighted by Gasteiger charge is 2.39. The number of fused-ring (bicyclic) bond motifs is 5. The van der Waals surface area contributed by atoms with Gasteiger partial charge in [-0.3, -0.25) is 24.0 Å². The zero-order valence-electron chi connectivity index (χ0n) is 94.4. The highest BCUT2D eigenvalue weighted by molar-refractivity contribution is 5.92. The number of nitrogens with zero attached hydrogens (tertiary/aromatic N) is 25. The van der Waals surface area contributed by atoms with Crippen molar-refractivity contribution in [2.45, 2.75) is 117 Å². The summed E-state index contributed by atoms with van der Waals surface area (Å²) < 4.78 is 238. The van der Waals surface area contributed by atoms with E-state index >= 15 is 0 Å². The predicted molar refractivity (Wildman–Crippen MR) is 454 cm³/mol. The van der Waals surface area contributed by atoms with Crippen LogP contribution in [0.4, 0.5) is 29.1 Å². The van der Waals surface area contributed by atoms with Gasteiger partial charge in [-0.1, -0.05) is 34.3 Å². The largest absolute Gasteiger partial charge is 0.354 e. The van der Waals surface area contributed by atoms with Crippen molar-refractivity contribution in [3.63, 3.8) is 0 Å². The van der Waals surface area contributed by atoms with E-state index in [1.54, 1.807) is 62.7 Å². The van der Waals surface area contributed by atoms with Crippen molar-refractivity contribution >= 4 is 114 Å². The van der Waals surface area contributed by atoms with Crippen molar-refractivity contribution in [2.75, 3.05) is 158 Å². The average Bonchev–Trinajstić information content (AvgIpc) is 1.04. The van der Waals surface area contributed by atoms with Gasteiger partial charge in [-0.05, 0) is 113 Å². The number of piperidine rings is 5. The molecule has 0 spiro atoms. The molecule has 0 aromatic carbocycles. The lowest BCUT2D eigenvalue weighted by Gasteiger charge is -2.41. The third-order valence-electron chi connectivity index (χ3n) is 20.4. The molecule has 5 N–H and O–H groups in total. The van der Waals surface area contributed by atoms with Crippen LogP contribution in [0, 0.1) is 83.2 Å². The van der Waals surface area contributed by atoms with E-state index in [0.29, 0.717) is 95.6 Å². The molecule has 5 aliphatic heterocycles. The molecule has 10 atom stereocenters. The second-order valence-corrected chi connectivity index (χ2v) is 28.0. The van der Waals surface area contributed by atoms with E-state index in [1.807, 2.05) is 0 Å². The van der Waals surface area contributed by atoms with Gasteiger partial charge in [0, 0.05) is 162 Å². The number of carbonyl (C=O) groups excluding carboxylic acids is 5. The van der Waals surface area contributed by atoms with Crippen molar-refractivity contribution in [1.82, 2.24) is 99.3 Å². The number of carbonyl (C=O) groups is 5. The van der Waals surface area contributed by atoms with Gasteiger partial charge in [-0.15, -0.1) is 0 Å². The summed E-state index contributed by atoms with van der Waals surface area (Å²) in [7, 11) is 4.90. The quantitative estimate of drug-likeness (QED) is 0.0599. The second-order valence-electron chi connectivity index (χ2n) is 28.0. The van der Waals surface area contributed by atoms with Gasteiger partial charge in [-0.2, -0.15) is 0 Å². The van der Waals surface area contributed by atoms with Crippen molar-refractivity contribution in [3.05, 3.63) is 148 Å². The van der Waals surface area contributed by atoms with Crippen molar-refractivity contribution in [1.29, 1.82) is 0 Å². The standard InChI is InChI=1S/3C17H22N6O.2C16H20N6O/c3*1-11-5-6-23(15(24)8-18-3)9-14(11)22(4)17-13-7-12(2)21-16(13)19-10-20-17;2*1-11-5-7-22(14(23)8-17-2)9-13(11)21(3)16-12-4-6-18-15(12)19-10-20-16/h3*7,10-11,14H,5-6,8-9H2,1-2,4H3,(H,19,20,21);2*4,6,10-11,13H,5,7-9H2,1,3H3,(H,18,19,20)/t3*11-,14+;2*11-,13+/m11111/s1/i1D3,7D,14D;1D3,7D,11D;1D3,7D;1D3,3D3,11D,13D;1D3,3D3,13D. The average molecular weight is 1630 g/mol. The van der Waals surface area contributed by atoms with Crippen molar-refractivity contribution in [3.8, 4) is 0 Å². The van der Waals surface area contributed by atoms with Gasteiger partial charge < -0.3 is 98.1 Å². The third-order valence-corrected chi connectivity index (χ3v) is 20.4. The van der Waals surface area contributed by atoms with Crippen LogP contribution in [0.1, 0.15) is 123 Å². The number of likely N-dealkylation sites (N-methyl/N-ethyl adjacent to an activating group) is 5. The zero-order chi connectivity index (χ0) is 109. The van der Waals surface area contributed by atoms with Crippen LogP contribution in [0.3, 0.4) is 0 Å². The van der Waals surface area contributed by atoms with E-state index in [2.05, 4.69) is 99.0 Å². The minimum atomic E-state index is -3.08. The van der Waals surface area contributed by atoms with Gasteiger partial charge in [0.15, 0.2) is 0 Å². The number of hydrogen-bond donors (Lipinski definition) is 5. The van der Waals surface area contributed by atoms with Crippen LogP contribution in [-0.4, -0.2) is 292 Å². The van der Waals surface area contributed by atoms with E-state index in [1.165, 1.54) is 57.0 Å². The van der Waals surface area contributed by atoms with Gasteiger partial charge in [0.1, 0.15) is 89.0 Å². The van der Waals surface area contributed by atoms with Crippen LogP contribution >= 0.6 is 0 Å². The first-order valence-electron chi connectivity index (χ1n) is 51.6. The molecule has 5 aliphatic rings. The third kappa shape index (κ3) is 19.7. The molecule has 15 rings (SSSR count). The molecule has 5 fully saturated rings. The number of H-pyrrole nitrogens is 5. The highest BCUT2D eigenvalue weighted by atomic mass is 16.2. The summed E-state index contributed by atoms with van der Waals surface area (Å²) in [5.41, 5.74) is 3.82. The van der Waals surface area contributed by atoms with Crippen LogP contribution in [0.15, 0.2) is 74.3 Å². The lowest BCUT2D eigenvalue weighted by atomic mass is 9.92. The summed E-state index contributed by atoms with van der Waals surface area (Å²) >= 11 is 0. The van der Waals surface area contributed by atoms with Gasteiger partial charge in [0.05, 0.1) is 65.3 Å². The lowest BCUT2D eigenvalue weighted by molar-refractivity contribution is -0.131. The SMILES string of the molecule is [2H]C([2H])([2H])N(c1ncnc2[nH]ccc12)[C@@]1([2H])CN(C(=O)C[N+]#[C-])CC[C@@]1([2H])C([2H])([2H])[2H].[2H]C([2H])([2H])[C@@H]1CCN(C(=O)C[N+]#[C-])C[C@]1([2H])N(c1ncnc2[nH]ccc12)C([2H])([2H])[2H].[2H]c1c(C)[nH]c2ncnc(N(C)[C@@]3([2H])CN(C(=O)C[N+]#[C-])CC[C@H]3C([2H])([2H])[2H])c12.[2H]c1c(C)[nH]c2ncnc(N(C)[C@H]3CN(C(=O)C[N+]#[C-])CC[C@@]3([2H])C([2H])([2H])[2H])c12.[2H]c1c(C)[nH]c2ncnc(N(C)[C@H]3CN(C(=O)C[N+]#[C-])CC[C@H]3C([2H])([2H])[2H])c12. The summed E-state index contributed by atoms with van der Waals surface area (Å²) in [6, 6.07) is -4.38. The molecule has 618 valence electrons. The predicted octanol–water partition coefficient (Wildman–Crippen LogP) is 8.68. The molecule has 0 aliphatic carbocycles. The number of aromatic amines is 5. The number of nitrogens with one attached hydrogen (secondary N) is 5. The fourth-order valence-electron chi connectivity index (χ4n) is 14.1. The Kier molecular flexibility index (Phi) is 18.1. The first-order chi connectivity index (χ1) is 68.3. The number of aromatic nitrogens is 15. The number of amides is 5.